The Hall–Kier alpha value is -0.870. The molecule has 0 aromatic carbocycles. The van der Waals surface area contributed by atoms with Gasteiger partial charge in [0.1, 0.15) is 0 Å². The highest BCUT2D eigenvalue weighted by Gasteiger charge is 2.37. The van der Waals surface area contributed by atoms with Gasteiger partial charge in [-0.2, -0.15) is 0 Å². The van der Waals surface area contributed by atoms with Crippen LogP contribution in [0.5, 0.6) is 0 Å². The minimum absolute atomic E-state index is 0.0759. The van der Waals surface area contributed by atoms with Crippen LogP contribution in [0.4, 0.5) is 0 Å². The molecule has 100 valence electrons. The zero-order valence-corrected chi connectivity index (χ0v) is 11.4. The lowest BCUT2D eigenvalue weighted by atomic mass is 9.82. The highest BCUT2D eigenvalue weighted by atomic mass is 15.2. The molecule has 1 aromatic heterocycles. The Morgan fingerprint density at radius 3 is 2.56 bits per heavy atom. The van der Waals surface area contributed by atoms with Crippen molar-refractivity contribution in [1.82, 2.24) is 14.5 Å². The van der Waals surface area contributed by atoms with Crippen molar-refractivity contribution in [3.8, 4) is 0 Å². The van der Waals surface area contributed by atoms with E-state index in [2.05, 4.69) is 21.5 Å². The van der Waals surface area contributed by atoms with Crippen LogP contribution in [0, 0.1) is 0 Å². The lowest BCUT2D eigenvalue weighted by Gasteiger charge is -2.47. The molecule has 0 spiro atoms. The highest BCUT2D eigenvalue weighted by molar-refractivity contribution is 5.07. The average molecular weight is 248 g/mol. The van der Waals surface area contributed by atoms with E-state index in [4.69, 9.17) is 5.73 Å². The molecular weight excluding hydrogens is 224 g/mol. The van der Waals surface area contributed by atoms with E-state index in [-0.39, 0.29) is 6.04 Å². The molecule has 2 aliphatic heterocycles. The first-order valence-electron chi connectivity index (χ1n) is 7.16. The van der Waals surface area contributed by atoms with Gasteiger partial charge in [0.25, 0.3) is 0 Å². The number of fused-ring (bicyclic) bond motifs is 2. The lowest BCUT2D eigenvalue weighted by molar-refractivity contribution is 0.0392. The Bertz CT molecular complexity index is 398. The molecule has 0 saturated carbocycles. The van der Waals surface area contributed by atoms with Crippen molar-refractivity contribution in [2.45, 2.75) is 63.2 Å². The van der Waals surface area contributed by atoms with E-state index in [1.54, 1.807) is 0 Å². The molecule has 2 saturated heterocycles. The van der Waals surface area contributed by atoms with Crippen LogP contribution in [-0.4, -0.2) is 33.6 Å². The maximum absolute atomic E-state index is 6.04. The number of nitrogens with zero attached hydrogens (tertiary/aromatic N) is 3. The largest absolute Gasteiger partial charge is 0.330 e. The molecule has 4 heteroatoms. The van der Waals surface area contributed by atoms with E-state index in [9.17, 15) is 0 Å². The van der Waals surface area contributed by atoms with Gasteiger partial charge in [-0.25, -0.2) is 4.98 Å². The molecule has 2 bridgehead atoms. The van der Waals surface area contributed by atoms with Gasteiger partial charge in [-0.3, -0.25) is 0 Å². The highest BCUT2D eigenvalue weighted by Crippen LogP contribution is 2.38. The van der Waals surface area contributed by atoms with E-state index < -0.39 is 0 Å². The fraction of sp³-hybridized carbons (Fsp3) is 0.786. The van der Waals surface area contributed by atoms with Crippen molar-refractivity contribution >= 4 is 0 Å². The topological polar surface area (TPSA) is 47.1 Å². The van der Waals surface area contributed by atoms with Gasteiger partial charge >= 0.3 is 0 Å². The molecule has 0 amide bonds. The summed E-state index contributed by atoms with van der Waals surface area (Å²) in [6.45, 7) is 2.04. The number of aromatic nitrogens is 2. The summed E-state index contributed by atoms with van der Waals surface area (Å²) in [7, 11) is 2.30. The van der Waals surface area contributed by atoms with Crippen LogP contribution in [0.15, 0.2) is 12.5 Å². The Morgan fingerprint density at radius 1 is 1.28 bits per heavy atom. The number of hydrogen-bond acceptors (Lipinski definition) is 3. The average Bonchev–Trinajstić information content (AvgIpc) is 2.77. The van der Waals surface area contributed by atoms with Gasteiger partial charge in [0.05, 0.1) is 12.0 Å². The summed E-state index contributed by atoms with van der Waals surface area (Å²) < 4.78 is 2.34. The van der Waals surface area contributed by atoms with E-state index in [1.165, 1.54) is 37.8 Å². The van der Waals surface area contributed by atoms with Crippen LogP contribution in [-0.2, 0) is 0 Å². The van der Waals surface area contributed by atoms with Gasteiger partial charge in [-0.15, -0.1) is 0 Å². The van der Waals surface area contributed by atoms with Gasteiger partial charge in [0.15, 0.2) is 0 Å². The van der Waals surface area contributed by atoms with Crippen LogP contribution >= 0.6 is 0 Å². The van der Waals surface area contributed by atoms with E-state index in [0.29, 0.717) is 6.04 Å². The molecular formula is C14H24N4. The first kappa shape index (κ1) is 12.2. The van der Waals surface area contributed by atoms with Crippen molar-refractivity contribution in [3.63, 3.8) is 0 Å². The maximum Gasteiger partial charge on any atom is 0.0951 e. The minimum Gasteiger partial charge on any atom is -0.330 e. The van der Waals surface area contributed by atoms with E-state index >= 15 is 0 Å². The predicted octanol–water partition coefficient (Wildman–Crippen LogP) is 2.09. The predicted molar refractivity (Wildman–Crippen MR) is 72.3 cm³/mol. The zero-order chi connectivity index (χ0) is 12.7. The minimum atomic E-state index is 0.0759. The summed E-state index contributed by atoms with van der Waals surface area (Å²) in [5.74, 6) is 0. The number of rotatable bonds is 2. The van der Waals surface area contributed by atoms with Crippen molar-refractivity contribution in [3.05, 3.63) is 18.2 Å². The summed E-state index contributed by atoms with van der Waals surface area (Å²) in [6.07, 6.45) is 10.5. The molecule has 2 unspecified atom stereocenters. The van der Waals surface area contributed by atoms with Gasteiger partial charge in [0.2, 0.25) is 0 Å². The molecule has 18 heavy (non-hydrogen) atoms. The Labute approximate surface area is 109 Å². The van der Waals surface area contributed by atoms with Crippen molar-refractivity contribution < 1.29 is 0 Å². The molecule has 0 radical (unpaired) electrons. The SMILES string of the molecule is C[C@@H](N)c1cncn1C1CC2CCCC(C1)N2C. The molecule has 3 heterocycles. The number of imidazole rings is 1. The molecule has 1 aromatic rings. The van der Waals surface area contributed by atoms with Crippen molar-refractivity contribution in [1.29, 1.82) is 0 Å². The van der Waals surface area contributed by atoms with Crippen molar-refractivity contribution in [2.75, 3.05) is 7.05 Å². The molecule has 2 fully saturated rings. The molecule has 0 aliphatic carbocycles. The molecule has 2 N–H and O–H groups in total. The Morgan fingerprint density at radius 2 is 1.94 bits per heavy atom. The summed E-state index contributed by atoms with van der Waals surface area (Å²) in [5, 5.41) is 0. The second-order valence-corrected chi connectivity index (χ2v) is 6.04. The van der Waals surface area contributed by atoms with E-state index in [0.717, 1.165) is 12.1 Å². The maximum atomic E-state index is 6.04. The summed E-state index contributed by atoms with van der Waals surface area (Å²) in [4.78, 5) is 6.90. The van der Waals surface area contributed by atoms with Crippen LogP contribution in [0.25, 0.3) is 0 Å². The second kappa shape index (κ2) is 4.67. The van der Waals surface area contributed by atoms with Gasteiger partial charge in [-0.1, -0.05) is 6.42 Å². The van der Waals surface area contributed by atoms with Crippen LogP contribution in [0.1, 0.15) is 56.8 Å². The zero-order valence-electron chi connectivity index (χ0n) is 11.4. The van der Waals surface area contributed by atoms with Crippen LogP contribution in [0.3, 0.4) is 0 Å². The number of hydrogen-bond donors (Lipinski definition) is 1. The standard InChI is InChI=1S/C14H24N4/c1-10(15)14-8-16-9-18(14)13-6-11-4-3-5-12(7-13)17(11)2/h8-13H,3-7,15H2,1-2H3/t10-,11?,12?,13?/m1/s1. The Kier molecular flexibility index (Phi) is 3.16. The molecule has 2 aliphatic rings. The molecule has 3 rings (SSSR count). The second-order valence-electron chi connectivity index (χ2n) is 6.04. The number of nitrogens with two attached hydrogens (primary N) is 1. The fourth-order valence-electron chi connectivity index (χ4n) is 3.79. The fourth-order valence-corrected chi connectivity index (χ4v) is 3.79. The first-order chi connectivity index (χ1) is 8.66. The summed E-state index contributed by atoms with van der Waals surface area (Å²) >= 11 is 0. The van der Waals surface area contributed by atoms with Crippen LogP contribution in [0.2, 0.25) is 0 Å². The first-order valence-corrected chi connectivity index (χ1v) is 7.16. The smallest absolute Gasteiger partial charge is 0.0951 e. The van der Waals surface area contributed by atoms with E-state index in [1.807, 2.05) is 19.4 Å². The summed E-state index contributed by atoms with van der Waals surface area (Å²) in [6, 6.07) is 2.18. The third-order valence-electron chi connectivity index (χ3n) is 4.87. The number of piperidine rings is 2. The van der Waals surface area contributed by atoms with Crippen molar-refractivity contribution in [2.24, 2.45) is 5.73 Å². The molecule has 4 nitrogen and oxygen atoms in total. The normalized spacial score (nSPS) is 34.5. The van der Waals surface area contributed by atoms with Gasteiger partial charge < -0.3 is 15.2 Å². The molecule has 3 atom stereocenters. The summed E-state index contributed by atoms with van der Waals surface area (Å²) in [5.41, 5.74) is 7.22. The lowest BCUT2D eigenvalue weighted by Crippen LogP contribution is -2.50. The quantitative estimate of drug-likeness (QED) is 0.872. The van der Waals surface area contributed by atoms with Crippen LogP contribution < -0.4 is 5.73 Å². The Balaban J connectivity index is 1.83. The third-order valence-corrected chi connectivity index (χ3v) is 4.87. The third kappa shape index (κ3) is 1.97. The van der Waals surface area contributed by atoms with Gasteiger partial charge in [-0.05, 0) is 39.7 Å². The van der Waals surface area contributed by atoms with Gasteiger partial charge in [0, 0.05) is 30.4 Å². The monoisotopic (exact) mass is 248 g/mol.